The highest BCUT2D eigenvalue weighted by Crippen LogP contribution is 2.00. The van der Waals surface area contributed by atoms with Gasteiger partial charge in [-0.25, -0.2) is 0 Å². The van der Waals surface area contributed by atoms with Crippen molar-refractivity contribution in [3.63, 3.8) is 0 Å². The highest BCUT2D eigenvalue weighted by Gasteiger charge is 2.12. The molecule has 5 nitrogen and oxygen atoms in total. The third kappa shape index (κ3) is 11.3. The van der Waals surface area contributed by atoms with Gasteiger partial charge in [0.05, 0.1) is 25.9 Å². The summed E-state index contributed by atoms with van der Waals surface area (Å²) >= 11 is 0. The van der Waals surface area contributed by atoms with E-state index < -0.39 is 6.10 Å². The molecule has 5 heteroatoms. The zero-order valence-electron chi connectivity index (χ0n) is 12.6. The van der Waals surface area contributed by atoms with Crippen LogP contribution in [0.5, 0.6) is 0 Å². The first kappa shape index (κ1) is 18.8. The monoisotopic (exact) mass is 277 g/mol. The fourth-order valence-electron chi connectivity index (χ4n) is 1.43. The number of aliphatic hydroxyl groups is 2. The minimum Gasteiger partial charge on any atom is -0.396 e. The van der Waals surface area contributed by atoms with Crippen LogP contribution in [0.1, 0.15) is 33.6 Å². The van der Waals surface area contributed by atoms with E-state index in [1.54, 1.807) is 0 Å². The van der Waals surface area contributed by atoms with E-state index >= 15 is 0 Å². The summed E-state index contributed by atoms with van der Waals surface area (Å²) in [5.41, 5.74) is 0. The van der Waals surface area contributed by atoms with Gasteiger partial charge in [-0.1, -0.05) is 20.3 Å². The van der Waals surface area contributed by atoms with Crippen LogP contribution in [0.25, 0.3) is 0 Å². The summed E-state index contributed by atoms with van der Waals surface area (Å²) in [7, 11) is 0. The topological polar surface area (TPSA) is 71.0 Å². The molecule has 3 N–H and O–H groups in total. The molecule has 0 bridgehead atoms. The Kier molecular flexibility index (Phi) is 12.7. The zero-order valence-corrected chi connectivity index (χ0v) is 12.6. The SMILES string of the molecule is CCCCOCCOCC(O)CNC(C)C(C)CO. The Morgan fingerprint density at radius 1 is 1.11 bits per heavy atom. The predicted octanol–water partition coefficient (Wildman–Crippen LogP) is 0.787. The second-order valence-corrected chi connectivity index (χ2v) is 5.05. The molecule has 0 saturated carbocycles. The second kappa shape index (κ2) is 12.8. The van der Waals surface area contributed by atoms with Crippen molar-refractivity contribution in [2.75, 3.05) is 39.6 Å². The first-order valence-corrected chi connectivity index (χ1v) is 7.29. The minimum absolute atomic E-state index is 0.149. The van der Waals surface area contributed by atoms with Gasteiger partial charge in [0.25, 0.3) is 0 Å². The molecule has 0 fully saturated rings. The zero-order chi connectivity index (χ0) is 14.5. The third-order valence-electron chi connectivity index (χ3n) is 3.14. The maximum atomic E-state index is 9.70. The van der Waals surface area contributed by atoms with Crippen LogP contribution in [0, 0.1) is 5.92 Å². The molecule has 116 valence electrons. The molecule has 0 aromatic heterocycles. The number of nitrogens with one attached hydrogen (secondary N) is 1. The number of hydrogen-bond donors (Lipinski definition) is 3. The van der Waals surface area contributed by atoms with Crippen molar-refractivity contribution in [1.82, 2.24) is 5.32 Å². The van der Waals surface area contributed by atoms with Gasteiger partial charge in [-0.3, -0.25) is 0 Å². The first-order chi connectivity index (χ1) is 9.11. The van der Waals surface area contributed by atoms with E-state index in [-0.39, 0.29) is 18.6 Å². The van der Waals surface area contributed by atoms with Crippen LogP contribution in [-0.4, -0.2) is 61.9 Å². The van der Waals surface area contributed by atoms with Gasteiger partial charge < -0.3 is 25.0 Å². The molecule has 0 saturated heterocycles. The average Bonchev–Trinajstić information content (AvgIpc) is 2.42. The summed E-state index contributed by atoms with van der Waals surface area (Å²) in [6.07, 6.45) is 1.69. The molecule has 19 heavy (non-hydrogen) atoms. The fourth-order valence-corrected chi connectivity index (χ4v) is 1.43. The van der Waals surface area contributed by atoms with Crippen LogP contribution in [0.15, 0.2) is 0 Å². The van der Waals surface area contributed by atoms with E-state index in [1.807, 2.05) is 13.8 Å². The molecule has 0 aromatic rings. The maximum Gasteiger partial charge on any atom is 0.0897 e. The van der Waals surface area contributed by atoms with Crippen molar-refractivity contribution >= 4 is 0 Å². The Labute approximate surface area is 117 Å². The summed E-state index contributed by atoms with van der Waals surface area (Å²) in [5, 5.41) is 21.9. The lowest BCUT2D eigenvalue weighted by molar-refractivity contribution is 0.00264. The van der Waals surface area contributed by atoms with Gasteiger partial charge in [0, 0.05) is 25.8 Å². The van der Waals surface area contributed by atoms with Crippen LogP contribution in [0.4, 0.5) is 0 Å². The Balaban J connectivity index is 3.37. The normalized spacial score (nSPS) is 16.3. The van der Waals surface area contributed by atoms with E-state index in [9.17, 15) is 5.11 Å². The molecule has 0 amide bonds. The molecule has 0 aliphatic carbocycles. The van der Waals surface area contributed by atoms with E-state index in [2.05, 4.69) is 12.2 Å². The minimum atomic E-state index is -0.524. The smallest absolute Gasteiger partial charge is 0.0897 e. The molecule has 0 radical (unpaired) electrons. The van der Waals surface area contributed by atoms with E-state index in [1.165, 1.54) is 0 Å². The Bertz CT molecular complexity index is 192. The van der Waals surface area contributed by atoms with Gasteiger partial charge in [-0.2, -0.15) is 0 Å². The van der Waals surface area contributed by atoms with Gasteiger partial charge in [0.1, 0.15) is 0 Å². The lowest BCUT2D eigenvalue weighted by Gasteiger charge is -2.21. The van der Waals surface area contributed by atoms with E-state index in [4.69, 9.17) is 14.6 Å². The van der Waals surface area contributed by atoms with Gasteiger partial charge in [-0.05, 0) is 19.3 Å². The van der Waals surface area contributed by atoms with E-state index in [0.717, 1.165) is 19.4 Å². The summed E-state index contributed by atoms with van der Waals surface area (Å²) < 4.78 is 10.7. The van der Waals surface area contributed by atoms with Crippen LogP contribution in [-0.2, 0) is 9.47 Å². The van der Waals surface area contributed by atoms with Crippen molar-refractivity contribution in [1.29, 1.82) is 0 Å². The first-order valence-electron chi connectivity index (χ1n) is 7.29. The van der Waals surface area contributed by atoms with Gasteiger partial charge in [-0.15, -0.1) is 0 Å². The van der Waals surface area contributed by atoms with Gasteiger partial charge in [0.15, 0.2) is 0 Å². The van der Waals surface area contributed by atoms with Crippen molar-refractivity contribution in [2.24, 2.45) is 5.92 Å². The van der Waals surface area contributed by atoms with Crippen molar-refractivity contribution < 1.29 is 19.7 Å². The Morgan fingerprint density at radius 3 is 2.42 bits per heavy atom. The molecule has 0 aromatic carbocycles. The van der Waals surface area contributed by atoms with Gasteiger partial charge >= 0.3 is 0 Å². The molecular formula is C14H31NO4. The summed E-state index contributed by atoms with van der Waals surface area (Å²) in [6.45, 7) is 8.90. The summed E-state index contributed by atoms with van der Waals surface area (Å²) in [5.74, 6) is 0.181. The predicted molar refractivity (Wildman–Crippen MR) is 76.3 cm³/mol. The second-order valence-electron chi connectivity index (χ2n) is 5.05. The maximum absolute atomic E-state index is 9.70. The van der Waals surface area contributed by atoms with Crippen LogP contribution < -0.4 is 5.32 Å². The Hall–Kier alpha value is -0.200. The summed E-state index contributed by atoms with van der Waals surface area (Å²) in [6, 6.07) is 0.178. The van der Waals surface area contributed by atoms with Crippen LogP contribution >= 0.6 is 0 Å². The van der Waals surface area contributed by atoms with Crippen LogP contribution in [0.3, 0.4) is 0 Å². The average molecular weight is 277 g/mol. The Morgan fingerprint density at radius 2 is 1.79 bits per heavy atom. The molecule has 0 aliphatic heterocycles. The van der Waals surface area contributed by atoms with Crippen molar-refractivity contribution in [3.8, 4) is 0 Å². The molecule has 0 spiro atoms. The number of ether oxygens (including phenoxy) is 2. The third-order valence-corrected chi connectivity index (χ3v) is 3.14. The molecular weight excluding hydrogens is 246 g/mol. The molecule has 3 unspecified atom stereocenters. The summed E-state index contributed by atoms with van der Waals surface area (Å²) in [4.78, 5) is 0. The fraction of sp³-hybridized carbons (Fsp3) is 1.00. The standard InChI is InChI=1S/C14H31NO4/c1-4-5-6-18-7-8-19-11-14(17)9-15-13(3)12(2)10-16/h12-17H,4-11H2,1-3H3. The number of unbranched alkanes of at least 4 members (excludes halogenated alkanes) is 1. The molecule has 0 heterocycles. The number of hydrogen-bond acceptors (Lipinski definition) is 5. The number of aliphatic hydroxyl groups excluding tert-OH is 2. The number of rotatable bonds is 13. The quantitative estimate of drug-likeness (QED) is 0.434. The van der Waals surface area contributed by atoms with Crippen LogP contribution in [0.2, 0.25) is 0 Å². The van der Waals surface area contributed by atoms with Crippen molar-refractivity contribution in [3.05, 3.63) is 0 Å². The lowest BCUT2D eigenvalue weighted by Crippen LogP contribution is -2.40. The molecule has 0 rings (SSSR count). The largest absolute Gasteiger partial charge is 0.396 e. The van der Waals surface area contributed by atoms with Gasteiger partial charge in [0.2, 0.25) is 0 Å². The molecule has 0 aliphatic rings. The van der Waals surface area contributed by atoms with E-state index in [0.29, 0.717) is 26.4 Å². The highest BCUT2D eigenvalue weighted by molar-refractivity contribution is 4.69. The highest BCUT2D eigenvalue weighted by atomic mass is 16.5. The van der Waals surface area contributed by atoms with Crippen molar-refractivity contribution in [2.45, 2.75) is 45.8 Å². The lowest BCUT2D eigenvalue weighted by atomic mass is 10.1. The molecule has 3 atom stereocenters.